The van der Waals surface area contributed by atoms with Crippen molar-refractivity contribution in [2.45, 2.75) is 18.8 Å². The molecule has 0 aliphatic carbocycles. The predicted octanol–water partition coefficient (Wildman–Crippen LogP) is 6.86. The van der Waals surface area contributed by atoms with Gasteiger partial charge < -0.3 is 10.6 Å². The molecule has 3 heterocycles. The van der Waals surface area contributed by atoms with Crippen LogP contribution in [-0.4, -0.2) is 23.1 Å². The molecule has 2 aromatic heterocycles. The Hall–Kier alpha value is -3.35. The number of nitrogens with zero attached hydrogens (tertiary/aromatic N) is 2. The van der Waals surface area contributed by atoms with Crippen LogP contribution in [0.15, 0.2) is 72.4 Å². The van der Waals surface area contributed by atoms with Crippen LogP contribution in [-0.2, 0) is 0 Å². The van der Waals surface area contributed by atoms with Crippen molar-refractivity contribution in [2.75, 3.05) is 18.4 Å². The number of hydrogen-bond donors (Lipinski definition) is 2. The first-order valence-corrected chi connectivity index (χ1v) is 12.1. The minimum absolute atomic E-state index is 0.169. The smallest absolute Gasteiger partial charge is 0.131 e. The molecule has 5 aromatic rings. The minimum Gasteiger partial charge on any atom is -0.355 e. The van der Waals surface area contributed by atoms with Crippen molar-refractivity contribution >= 4 is 43.8 Å². The second-order valence-electron chi connectivity index (χ2n) is 8.51. The molecule has 0 unspecified atom stereocenters. The Bertz CT molecular complexity index is 1460. The highest BCUT2D eigenvalue weighted by atomic mass is 32.1. The third kappa shape index (κ3) is 3.96. The maximum atomic E-state index is 15.2. The van der Waals surface area contributed by atoms with Crippen LogP contribution >= 0.6 is 11.3 Å². The van der Waals surface area contributed by atoms with Gasteiger partial charge in [0.15, 0.2) is 0 Å². The van der Waals surface area contributed by atoms with Crippen molar-refractivity contribution in [1.29, 1.82) is 0 Å². The number of aromatic nitrogens is 2. The van der Waals surface area contributed by atoms with Crippen molar-refractivity contribution in [3.63, 3.8) is 0 Å². The van der Waals surface area contributed by atoms with Gasteiger partial charge in [-0.15, -0.1) is 11.3 Å². The monoisotopic (exact) mass is 454 g/mol. The van der Waals surface area contributed by atoms with Crippen LogP contribution < -0.4 is 10.6 Å². The first-order valence-electron chi connectivity index (χ1n) is 11.2. The number of anilines is 2. The van der Waals surface area contributed by atoms with E-state index in [4.69, 9.17) is 0 Å². The fraction of sp³-hybridized carbons (Fsp3) is 0.185. The van der Waals surface area contributed by atoms with Gasteiger partial charge in [0, 0.05) is 28.5 Å². The molecule has 1 aliphatic rings. The second-order valence-corrected chi connectivity index (χ2v) is 9.40. The fourth-order valence-corrected chi connectivity index (χ4v) is 5.35. The van der Waals surface area contributed by atoms with Gasteiger partial charge in [-0.2, -0.15) is 0 Å². The second kappa shape index (κ2) is 8.54. The summed E-state index contributed by atoms with van der Waals surface area (Å²) in [6, 6.07) is 19.8. The number of piperidine rings is 1. The maximum absolute atomic E-state index is 15.2. The van der Waals surface area contributed by atoms with E-state index in [-0.39, 0.29) is 5.82 Å². The minimum atomic E-state index is -0.169. The molecule has 0 bridgehead atoms. The molecule has 4 nitrogen and oxygen atoms in total. The van der Waals surface area contributed by atoms with Gasteiger partial charge in [0.25, 0.3) is 0 Å². The number of benzene rings is 3. The zero-order valence-corrected chi connectivity index (χ0v) is 18.8. The molecule has 164 valence electrons. The van der Waals surface area contributed by atoms with Crippen LogP contribution in [0.1, 0.15) is 24.3 Å². The van der Waals surface area contributed by atoms with Gasteiger partial charge in [0.05, 0.1) is 21.2 Å². The van der Waals surface area contributed by atoms with Gasteiger partial charge in [0.2, 0.25) is 0 Å². The number of pyridine rings is 1. The Morgan fingerprint density at radius 2 is 1.82 bits per heavy atom. The molecule has 1 saturated heterocycles. The van der Waals surface area contributed by atoms with Gasteiger partial charge in [-0.25, -0.2) is 9.37 Å². The quantitative estimate of drug-likeness (QED) is 0.311. The molecule has 0 spiro atoms. The van der Waals surface area contributed by atoms with Gasteiger partial charge >= 0.3 is 0 Å². The van der Waals surface area contributed by atoms with Crippen LogP contribution in [0.3, 0.4) is 0 Å². The van der Waals surface area contributed by atoms with Crippen molar-refractivity contribution in [2.24, 2.45) is 0 Å². The number of fused-ring (bicyclic) bond motifs is 2. The molecule has 0 atom stereocenters. The zero-order chi connectivity index (χ0) is 22.2. The third-order valence-electron chi connectivity index (χ3n) is 6.47. The fourth-order valence-electron chi connectivity index (χ4n) is 4.69. The summed E-state index contributed by atoms with van der Waals surface area (Å²) in [7, 11) is 0. The first kappa shape index (κ1) is 20.3. The van der Waals surface area contributed by atoms with E-state index in [0.717, 1.165) is 69.6 Å². The summed E-state index contributed by atoms with van der Waals surface area (Å²) in [6.45, 7) is 1.99. The van der Waals surface area contributed by atoms with Gasteiger partial charge in [0.1, 0.15) is 5.82 Å². The molecular weight excluding hydrogens is 431 g/mol. The molecule has 6 rings (SSSR count). The lowest BCUT2D eigenvalue weighted by atomic mass is 9.89. The lowest BCUT2D eigenvalue weighted by Gasteiger charge is -2.23. The summed E-state index contributed by atoms with van der Waals surface area (Å²) >= 11 is 1.63. The summed E-state index contributed by atoms with van der Waals surface area (Å²) < 4.78 is 16.4. The van der Waals surface area contributed by atoms with Crippen molar-refractivity contribution < 1.29 is 4.39 Å². The zero-order valence-electron chi connectivity index (χ0n) is 18.0. The number of thiazole rings is 1. The van der Waals surface area contributed by atoms with E-state index in [1.54, 1.807) is 23.6 Å². The number of halogens is 1. The summed E-state index contributed by atoms with van der Waals surface area (Å²) in [5, 5.41) is 7.83. The molecule has 1 aliphatic heterocycles. The number of nitrogens with one attached hydrogen (secondary N) is 2. The van der Waals surface area contributed by atoms with Gasteiger partial charge in [-0.3, -0.25) is 4.98 Å². The highest BCUT2D eigenvalue weighted by molar-refractivity contribution is 7.16. The molecule has 1 fully saturated rings. The van der Waals surface area contributed by atoms with Gasteiger partial charge in [-0.05, 0) is 85.4 Å². The maximum Gasteiger partial charge on any atom is 0.131 e. The van der Waals surface area contributed by atoms with Gasteiger partial charge in [-0.1, -0.05) is 18.2 Å². The normalized spacial score (nSPS) is 14.7. The van der Waals surface area contributed by atoms with E-state index in [9.17, 15) is 0 Å². The number of rotatable bonds is 4. The lowest BCUT2D eigenvalue weighted by molar-refractivity contribution is 0.458. The van der Waals surface area contributed by atoms with E-state index in [1.807, 2.05) is 41.9 Å². The van der Waals surface area contributed by atoms with E-state index in [2.05, 4.69) is 38.8 Å². The lowest BCUT2D eigenvalue weighted by Crippen LogP contribution is -2.26. The summed E-state index contributed by atoms with van der Waals surface area (Å²) in [4.78, 5) is 8.92. The molecule has 3 aromatic carbocycles. The van der Waals surface area contributed by atoms with E-state index >= 15 is 4.39 Å². The van der Waals surface area contributed by atoms with Crippen molar-refractivity contribution in [3.8, 4) is 11.1 Å². The average molecular weight is 455 g/mol. The average Bonchev–Trinajstić information content (AvgIpc) is 3.33. The highest BCUT2D eigenvalue weighted by Crippen LogP contribution is 2.34. The third-order valence-corrected chi connectivity index (χ3v) is 7.28. The summed E-state index contributed by atoms with van der Waals surface area (Å²) in [5.41, 5.74) is 8.15. The van der Waals surface area contributed by atoms with Crippen LogP contribution in [0.4, 0.5) is 15.8 Å². The molecular formula is C27H23FN4S. The highest BCUT2D eigenvalue weighted by Gasteiger charge is 2.17. The molecule has 0 radical (unpaired) electrons. The standard InChI is InChI=1S/C27H23FN4S/c28-23-14-18(17-7-10-29-11-8-17)1-4-21(23)19-2-5-24-22(13-19)25(9-12-30-24)32-20-3-6-27-26(15-20)31-16-33-27/h1-6,9,12-17,29H,7-8,10-11H2,(H,30,32). The number of hydrogen-bond acceptors (Lipinski definition) is 5. The topological polar surface area (TPSA) is 49.8 Å². The van der Waals surface area contributed by atoms with Crippen LogP contribution in [0, 0.1) is 5.82 Å². The molecule has 6 heteroatoms. The Kier molecular flexibility index (Phi) is 5.24. The molecule has 0 saturated carbocycles. The molecule has 0 amide bonds. The molecule has 33 heavy (non-hydrogen) atoms. The Morgan fingerprint density at radius 1 is 0.909 bits per heavy atom. The predicted molar refractivity (Wildman–Crippen MR) is 135 cm³/mol. The van der Waals surface area contributed by atoms with Crippen LogP contribution in [0.25, 0.3) is 32.2 Å². The van der Waals surface area contributed by atoms with Crippen LogP contribution in [0.2, 0.25) is 0 Å². The Balaban J connectivity index is 1.35. The SMILES string of the molecule is Fc1cc(C2CCNCC2)ccc1-c1ccc2nccc(Nc3ccc4scnc4c3)c2c1. The van der Waals surface area contributed by atoms with Crippen LogP contribution in [0.5, 0.6) is 0 Å². The Labute approximate surface area is 195 Å². The summed E-state index contributed by atoms with van der Waals surface area (Å²) in [5.74, 6) is 0.263. The largest absolute Gasteiger partial charge is 0.355 e. The van der Waals surface area contributed by atoms with E-state index in [1.165, 1.54) is 0 Å². The van der Waals surface area contributed by atoms with E-state index < -0.39 is 0 Å². The summed E-state index contributed by atoms with van der Waals surface area (Å²) in [6.07, 6.45) is 3.91. The van der Waals surface area contributed by atoms with Crippen molar-refractivity contribution in [3.05, 3.63) is 83.8 Å². The Morgan fingerprint density at radius 3 is 2.70 bits per heavy atom. The van der Waals surface area contributed by atoms with Crippen molar-refractivity contribution in [1.82, 2.24) is 15.3 Å². The van der Waals surface area contributed by atoms with E-state index in [0.29, 0.717) is 11.5 Å². The first-order chi connectivity index (χ1) is 16.2. The molecule has 2 N–H and O–H groups in total.